The Bertz CT molecular complexity index is 1100. The molecule has 32 heavy (non-hydrogen) atoms. The lowest BCUT2D eigenvalue weighted by molar-refractivity contribution is -0.115. The Morgan fingerprint density at radius 1 is 1.16 bits per heavy atom. The molecular weight excluding hydrogens is 396 g/mol. The van der Waals surface area contributed by atoms with Crippen LogP contribution in [-0.4, -0.2) is 22.1 Å². The van der Waals surface area contributed by atoms with Gasteiger partial charge in [0.05, 0.1) is 17.8 Å². The number of aromatic nitrogens is 2. The molecule has 1 N–H and O–H groups in total. The number of nitrogens with one attached hydrogen (secondary N) is 1. The topological polar surface area (TPSA) is 67.2 Å². The van der Waals surface area contributed by atoms with E-state index in [9.17, 15) is 4.79 Å². The number of carbonyl (C=O) groups is 1. The van der Waals surface area contributed by atoms with Crippen molar-refractivity contribution < 1.29 is 4.79 Å². The zero-order valence-corrected chi connectivity index (χ0v) is 19.2. The number of aliphatic imine (C=N–C) groups is 1. The molecule has 164 valence electrons. The lowest BCUT2D eigenvalue weighted by atomic mass is 10.0. The molecule has 0 atom stereocenters. The molecule has 0 radical (unpaired) electrons. The molecule has 2 rings (SSSR count). The van der Waals surface area contributed by atoms with E-state index in [2.05, 4.69) is 39.5 Å². The number of anilines is 1. The Morgan fingerprint density at radius 2 is 1.94 bits per heavy atom. The van der Waals surface area contributed by atoms with Crippen molar-refractivity contribution in [2.24, 2.45) is 4.99 Å². The third-order valence-electron chi connectivity index (χ3n) is 4.43. The predicted octanol–water partition coefficient (Wildman–Crippen LogP) is 6.12. The van der Waals surface area contributed by atoms with E-state index in [1.165, 1.54) is 5.57 Å². The van der Waals surface area contributed by atoms with E-state index in [0.717, 1.165) is 33.7 Å². The van der Waals surface area contributed by atoms with Crippen molar-refractivity contribution in [1.82, 2.24) is 9.97 Å². The zero-order chi connectivity index (χ0) is 23.5. The summed E-state index contributed by atoms with van der Waals surface area (Å²) in [7, 11) is 0. The van der Waals surface area contributed by atoms with Crippen molar-refractivity contribution in [3.8, 4) is 0 Å². The Balaban J connectivity index is 2.10. The van der Waals surface area contributed by atoms with E-state index >= 15 is 0 Å². The normalized spacial score (nSPS) is 11.9. The van der Waals surface area contributed by atoms with Crippen LogP contribution in [0, 0.1) is 6.92 Å². The first kappa shape index (κ1) is 24.4. The predicted molar refractivity (Wildman–Crippen MR) is 135 cm³/mol. The standard InChI is InChI=1S/C27H30N4O/c1-7-10-22(14-19(4)5)27-20(6)15-21(17-30-27)16-26(32)31-25-12-11-23(18-29-25)24(9-3)28-13-8-2/h7-15,17-18H,1-2,16H2,3-6H3,(H,29,31,32)/b22-10+,24-9-,28-13?. The van der Waals surface area contributed by atoms with Crippen molar-refractivity contribution in [3.05, 3.63) is 102 Å². The number of amides is 1. The van der Waals surface area contributed by atoms with Gasteiger partial charge in [0.25, 0.3) is 0 Å². The largest absolute Gasteiger partial charge is 0.310 e. The maximum atomic E-state index is 12.5. The second-order valence-corrected chi connectivity index (χ2v) is 7.43. The first-order chi connectivity index (χ1) is 15.4. The smallest absolute Gasteiger partial charge is 0.230 e. The molecule has 5 nitrogen and oxygen atoms in total. The molecule has 0 spiro atoms. The van der Waals surface area contributed by atoms with E-state index in [1.807, 2.05) is 52.0 Å². The summed E-state index contributed by atoms with van der Waals surface area (Å²) in [6.07, 6.45) is 14.5. The molecule has 0 bridgehead atoms. The Kier molecular flexibility index (Phi) is 9.23. The molecule has 5 heteroatoms. The van der Waals surface area contributed by atoms with Crippen molar-refractivity contribution in [3.63, 3.8) is 0 Å². The first-order valence-electron chi connectivity index (χ1n) is 10.4. The fraction of sp³-hybridized carbons (Fsp3) is 0.185. The minimum absolute atomic E-state index is 0.152. The van der Waals surface area contributed by atoms with Crippen LogP contribution in [0.5, 0.6) is 0 Å². The lowest BCUT2D eigenvalue weighted by Crippen LogP contribution is -2.15. The highest BCUT2D eigenvalue weighted by molar-refractivity contribution is 5.91. The van der Waals surface area contributed by atoms with Gasteiger partial charge in [0.1, 0.15) is 5.82 Å². The van der Waals surface area contributed by atoms with E-state index in [1.54, 1.807) is 36.8 Å². The number of pyridine rings is 2. The van der Waals surface area contributed by atoms with Crippen LogP contribution in [0.3, 0.4) is 0 Å². The third-order valence-corrected chi connectivity index (χ3v) is 4.43. The monoisotopic (exact) mass is 426 g/mol. The molecule has 1 amide bonds. The SMILES string of the molecule is C=CC=N/C(=C\C)c1ccc(NC(=O)Cc2cnc(/C(C=C(C)C)=C/C=C)c(C)c2)nc1. The number of allylic oxidation sites excluding steroid dienone is 7. The maximum absolute atomic E-state index is 12.5. The van der Waals surface area contributed by atoms with Crippen LogP contribution in [-0.2, 0) is 11.2 Å². The molecule has 0 aromatic carbocycles. The van der Waals surface area contributed by atoms with Crippen LogP contribution in [0.4, 0.5) is 5.82 Å². The summed E-state index contributed by atoms with van der Waals surface area (Å²) < 4.78 is 0. The van der Waals surface area contributed by atoms with E-state index in [4.69, 9.17) is 0 Å². The molecule has 0 aliphatic heterocycles. The summed E-state index contributed by atoms with van der Waals surface area (Å²) in [6.45, 7) is 15.4. The van der Waals surface area contributed by atoms with Crippen molar-refractivity contribution in [2.45, 2.75) is 34.1 Å². The van der Waals surface area contributed by atoms with Gasteiger partial charge in [-0.3, -0.25) is 14.8 Å². The van der Waals surface area contributed by atoms with Crippen LogP contribution in [0.1, 0.15) is 43.2 Å². The molecule has 2 heterocycles. The number of hydrogen-bond donors (Lipinski definition) is 1. The average molecular weight is 427 g/mol. The molecule has 0 aliphatic carbocycles. The van der Waals surface area contributed by atoms with Gasteiger partial charge >= 0.3 is 0 Å². The maximum Gasteiger partial charge on any atom is 0.230 e. The minimum Gasteiger partial charge on any atom is -0.310 e. The van der Waals surface area contributed by atoms with Gasteiger partial charge in [0, 0.05) is 29.7 Å². The van der Waals surface area contributed by atoms with Crippen molar-refractivity contribution in [1.29, 1.82) is 0 Å². The summed E-state index contributed by atoms with van der Waals surface area (Å²) >= 11 is 0. The number of carbonyl (C=O) groups excluding carboxylic acids is 1. The lowest BCUT2D eigenvalue weighted by Gasteiger charge is -2.10. The van der Waals surface area contributed by atoms with Gasteiger partial charge in [0.15, 0.2) is 0 Å². The van der Waals surface area contributed by atoms with Gasteiger partial charge in [-0.05, 0) is 51.0 Å². The number of hydrogen-bond acceptors (Lipinski definition) is 4. The van der Waals surface area contributed by atoms with Gasteiger partial charge in [0.2, 0.25) is 5.91 Å². The third kappa shape index (κ3) is 7.13. The second kappa shape index (κ2) is 12.1. The summed E-state index contributed by atoms with van der Waals surface area (Å²) in [6, 6.07) is 5.62. The minimum atomic E-state index is -0.152. The molecule has 0 fully saturated rings. The van der Waals surface area contributed by atoms with Gasteiger partial charge in [-0.15, -0.1) is 0 Å². The zero-order valence-electron chi connectivity index (χ0n) is 19.2. The summed E-state index contributed by atoms with van der Waals surface area (Å²) in [5.41, 5.74) is 6.54. The Labute approximate surface area is 190 Å². The molecular formula is C27H30N4O. The summed E-state index contributed by atoms with van der Waals surface area (Å²) in [5, 5.41) is 2.83. The summed E-state index contributed by atoms with van der Waals surface area (Å²) in [5.74, 6) is 0.337. The highest BCUT2D eigenvalue weighted by Crippen LogP contribution is 2.21. The van der Waals surface area contributed by atoms with Gasteiger partial charge in [-0.2, -0.15) is 0 Å². The Morgan fingerprint density at radius 3 is 2.50 bits per heavy atom. The quantitative estimate of drug-likeness (QED) is 0.388. The molecule has 0 unspecified atom stereocenters. The Hall–Kier alpha value is -3.86. The molecule has 0 saturated heterocycles. The van der Waals surface area contributed by atoms with Crippen molar-refractivity contribution >= 4 is 29.2 Å². The van der Waals surface area contributed by atoms with Crippen LogP contribution < -0.4 is 5.32 Å². The van der Waals surface area contributed by atoms with E-state index in [0.29, 0.717) is 5.82 Å². The fourth-order valence-corrected chi connectivity index (χ4v) is 3.11. The van der Waals surface area contributed by atoms with Crippen LogP contribution in [0.15, 0.2) is 84.7 Å². The van der Waals surface area contributed by atoms with Gasteiger partial charge in [-0.1, -0.05) is 55.2 Å². The summed E-state index contributed by atoms with van der Waals surface area (Å²) in [4.78, 5) is 25.7. The molecule has 2 aromatic rings. The van der Waals surface area contributed by atoms with E-state index in [-0.39, 0.29) is 12.3 Å². The highest BCUT2D eigenvalue weighted by atomic mass is 16.1. The van der Waals surface area contributed by atoms with Crippen molar-refractivity contribution in [2.75, 3.05) is 5.32 Å². The fourth-order valence-electron chi connectivity index (χ4n) is 3.11. The first-order valence-corrected chi connectivity index (χ1v) is 10.4. The van der Waals surface area contributed by atoms with Crippen LogP contribution >= 0.6 is 0 Å². The second-order valence-electron chi connectivity index (χ2n) is 7.43. The van der Waals surface area contributed by atoms with Crippen LogP contribution in [0.25, 0.3) is 11.3 Å². The average Bonchev–Trinajstić information content (AvgIpc) is 2.75. The number of aryl methyl sites for hydroxylation is 1. The highest BCUT2D eigenvalue weighted by Gasteiger charge is 2.10. The molecule has 0 aliphatic rings. The van der Waals surface area contributed by atoms with Gasteiger partial charge in [-0.25, -0.2) is 4.98 Å². The number of rotatable bonds is 9. The van der Waals surface area contributed by atoms with Crippen LogP contribution in [0.2, 0.25) is 0 Å². The van der Waals surface area contributed by atoms with Gasteiger partial charge < -0.3 is 5.32 Å². The van der Waals surface area contributed by atoms with E-state index < -0.39 is 0 Å². The molecule has 0 saturated carbocycles. The number of nitrogens with zero attached hydrogens (tertiary/aromatic N) is 3. The molecule has 2 aromatic heterocycles.